The summed E-state index contributed by atoms with van der Waals surface area (Å²) in [6.07, 6.45) is 11.3. The number of rotatable bonds is 16. The number of benzene rings is 6. The number of aliphatic hydroxyl groups is 1. The summed E-state index contributed by atoms with van der Waals surface area (Å²) in [5.41, 5.74) is 19.6. The molecule has 0 aliphatic carbocycles. The number of carbonyl (C=O) groups is 5. The second-order valence-corrected chi connectivity index (χ2v) is 32.1. The van der Waals surface area contributed by atoms with E-state index >= 15 is 0 Å². The van der Waals surface area contributed by atoms with E-state index in [1.165, 1.54) is 28.5 Å². The van der Waals surface area contributed by atoms with Crippen LogP contribution in [0.4, 0.5) is 45.8 Å². The van der Waals surface area contributed by atoms with Crippen LogP contribution < -0.4 is 47.4 Å². The van der Waals surface area contributed by atoms with Crippen LogP contribution in [0.3, 0.4) is 0 Å². The van der Waals surface area contributed by atoms with Crippen molar-refractivity contribution in [3.8, 4) is 0 Å². The molecule has 0 saturated carbocycles. The number of nitrogens with one attached hydrogen (secondary N) is 6. The van der Waals surface area contributed by atoms with Crippen molar-refractivity contribution in [3.05, 3.63) is 256 Å². The van der Waals surface area contributed by atoms with Crippen molar-refractivity contribution in [1.29, 1.82) is 0 Å². The lowest BCUT2D eigenvalue weighted by Crippen LogP contribution is -2.39. The van der Waals surface area contributed by atoms with Crippen LogP contribution in [0.1, 0.15) is 165 Å². The molecule has 0 atom stereocenters. The lowest BCUT2D eigenvalue weighted by Gasteiger charge is -2.32. The first-order chi connectivity index (χ1) is 53.8. The Labute approximate surface area is 665 Å². The van der Waals surface area contributed by atoms with Crippen LogP contribution in [0.25, 0.3) is 0 Å². The van der Waals surface area contributed by atoms with Crippen LogP contribution in [0.15, 0.2) is 201 Å². The van der Waals surface area contributed by atoms with Crippen molar-refractivity contribution in [2.75, 3.05) is 107 Å². The van der Waals surface area contributed by atoms with Gasteiger partial charge in [0.05, 0.1) is 16.7 Å². The number of pyridine rings is 3. The summed E-state index contributed by atoms with van der Waals surface area (Å²) in [6.45, 7) is 29.5. The van der Waals surface area contributed by atoms with Crippen molar-refractivity contribution < 1.29 is 29.1 Å². The van der Waals surface area contributed by atoms with E-state index in [9.17, 15) is 24.0 Å². The molecular formula is C90H110ClN15O6. The van der Waals surface area contributed by atoms with Gasteiger partial charge < -0.3 is 52.5 Å². The van der Waals surface area contributed by atoms with E-state index in [2.05, 4.69) is 194 Å². The largest absolute Gasteiger partial charge is 0.397 e. The number of nitrogens with two attached hydrogens (primary N) is 1. The van der Waals surface area contributed by atoms with Crippen LogP contribution in [-0.2, 0) is 45.5 Å². The summed E-state index contributed by atoms with van der Waals surface area (Å²) in [7, 11) is 0. The Hall–Kier alpha value is -10.4. The van der Waals surface area contributed by atoms with E-state index in [0.29, 0.717) is 64.9 Å². The average molecular weight is 1530 g/mol. The number of amides is 5. The molecule has 112 heavy (non-hydrogen) atoms. The van der Waals surface area contributed by atoms with E-state index < -0.39 is 0 Å². The predicted octanol–water partition coefficient (Wildman–Crippen LogP) is 15.4. The lowest BCUT2D eigenvalue weighted by atomic mass is 9.87. The van der Waals surface area contributed by atoms with Crippen LogP contribution in [0.2, 0.25) is 5.15 Å². The fraction of sp³-hybridized carbons (Fsp3) is 0.378. The zero-order valence-electron chi connectivity index (χ0n) is 66.2. The summed E-state index contributed by atoms with van der Waals surface area (Å²) in [6, 6.07) is 60.9. The van der Waals surface area contributed by atoms with Gasteiger partial charge in [-0.1, -0.05) is 162 Å². The summed E-state index contributed by atoms with van der Waals surface area (Å²) < 4.78 is 0. The monoisotopic (exact) mass is 1530 g/mol. The van der Waals surface area contributed by atoms with Crippen molar-refractivity contribution in [3.63, 3.8) is 0 Å². The molecule has 3 fully saturated rings. The van der Waals surface area contributed by atoms with E-state index in [1.54, 1.807) is 67.2 Å². The van der Waals surface area contributed by atoms with Gasteiger partial charge in [0.15, 0.2) is 0 Å². The molecule has 6 aliphatic heterocycles. The topological polar surface area (TPSA) is 259 Å². The lowest BCUT2D eigenvalue weighted by molar-refractivity contribution is -0.117. The number of aromatic nitrogens is 3. The van der Waals surface area contributed by atoms with Crippen LogP contribution >= 0.6 is 11.6 Å². The molecular weight excluding hydrogens is 1420 g/mol. The molecule has 9 N–H and O–H groups in total. The number of aliphatic hydroxyl groups excluding tert-OH is 1. The number of hydrogen-bond donors (Lipinski definition) is 8. The van der Waals surface area contributed by atoms with E-state index in [0.717, 1.165) is 138 Å². The number of nitrogens with zero attached hydrogens (tertiary/aromatic N) is 8. The Morgan fingerprint density at radius 2 is 0.812 bits per heavy atom. The number of likely N-dealkylation sites (tertiary alicyclic amines) is 3. The molecule has 22 heteroatoms. The summed E-state index contributed by atoms with van der Waals surface area (Å²) in [5.74, 6) is 0.554. The number of hydrogen-bond acceptors (Lipinski definition) is 16. The molecule has 21 nitrogen and oxygen atoms in total. The van der Waals surface area contributed by atoms with Gasteiger partial charge in [-0.3, -0.25) is 38.7 Å². The molecule has 0 bridgehead atoms. The third-order valence-corrected chi connectivity index (χ3v) is 21.8. The molecule has 9 heterocycles. The molecule has 0 radical (unpaired) electrons. The third kappa shape index (κ3) is 22.0. The van der Waals surface area contributed by atoms with Crippen molar-refractivity contribution >= 4 is 86.9 Å². The minimum Gasteiger partial charge on any atom is -0.397 e. The number of anilines is 8. The van der Waals surface area contributed by atoms with Crippen LogP contribution in [0, 0.1) is 0 Å². The first-order valence-corrected chi connectivity index (χ1v) is 39.6. The Balaban J connectivity index is 0.000000153. The van der Waals surface area contributed by atoms with Crippen molar-refractivity contribution in [2.45, 2.75) is 155 Å². The van der Waals surface area contributed by atoms with Crippen LogP contribution in [0.5, 0.6) is 0 Å². The Morgan fingerprint density at radius 3 is 1.20 bits per heavy atom. The zero-order valence-corrected chi connectivity index (χ0v) is 67.0. The molecule has 0 unspecified atom stereocenters. The summed E-state index contributed by atoms with van der Waals surface area (Å²) in [5, 5.41) is 27.1. The number of piperidine rings is 3. The molecule has 3 aromatic heterocycles. The normalized spacial score (nSPS) is 16.9. The van der Waals surface area contributed by atoms with E-state index in [-0.39, 0.29) is 63.6 Å². The molecule has 9 aromatic rings. The zero-order chi connectivity index (χ0) is 79.5. The Bertz CT molecular complexity index is 4660. The maximum atomic E-state index is 13.3. The van der Waals surface area contributed by atoms with Gasteiger partial charge >= 0.3 is 0 Å². The highest BCUT2D eigenvalue weighted by Gasteiger charge is 2.39. The Morgan fingerprint density at radius 1 is 0.464 bits per heavy atom. The maximum Gasteiger partial charge on any atom is 0.259 e. The number of carbonyl (C=O) groups excluding carboxylic acids is 5. The van der Waals surface area contributed by atoms with Gasteiger partial charge in [-0.2, -0.15) is 0 Å². The third-order valence-electron chi connectivity index (χ3n) is 21.5. The average Bonchev–Trinajstić information content (AvgIpc) is 1.62. The van der Waals surface area contributed by atoms with E-state index in [1.807, 2.05) is 66.7 Å². The predicted molar refractivity (Wildman–Crippen MR) is 453 cm³/mol. The number of halogens is 1. The van der Waals surface area contributed by atoms with Gasteiger partial charge in [0.25, 0.3) is 17.7 Å². The highest BCUT2D eigenvalue weighted by atomic mass is 35.5. The molecule has 6 aliphatic rings. The van der Waals surface area contributed by atoms with Gasteiger partial charge in [0.2, 0.25) is 11.8 Å². The van der Waals surface area contributed by atoms with Crippen LogP contribution in [-0.4, -0.2) is 148 Å². The second-order valence-electron chi connectivity index (χ2n) is 31.7. The highest BCUT2D eigenvalue weighted by Crippen LogP contribution is 2.44. The van der Waals surface area contributed by atoms with Gasteiger partial charge in [0, 0.05) is 173 Å². The van der Waals surface area contributed by atoms with Gasteiger partial charge in [-0.05, 0) is 165 Å². The quantitative estimate of drug-likeness (QED) is 0.0418. The molecule has 15 rings (SSSR count). The minimum atomic E-state index is -0.334. The molecule has 3 saturated heterocycles. The summed E-state index contributed by atoms with van der Waals surface area (Å²) in [4.78, 5) is 86.8. The molecule has 588 valence electrons. The van der Waals surface area contributed by atoms with Gasteiger partial charge in [0.1, 0.15) is 16.8 Å². The smallest absolute Gasteiger partial charge is 0.259 e. The van der Waals surface area contributed by atoms with E-state index in [4.69, 9.17) is 22.4 Å². The highest BCUT2D eigenvalue weighted by molar-refractivity contribution is 6.33. The standard InChI is InChI=1S/C30H35N5O2.C28H33N5O.C18H18ClN3O2.C12H18N2.C2H6O/c1-21(36)35-20-30(2,3)26-12-11-24(18-27(26)35)33-29(37)25-10-7-15-31-28(25)32-23-13-16-34(17-14-23)19-22-8-5-4-6-9-22;1-28(2)19-30-25-17-22(10-11-24(25)28)32-27(34)23-9-6-14-29-26(23)31-21-12-15-33(16-13-21)18-20-7-4-3-5-8-20;1-11(23)22-10-18(2,3)14-7-6-12(9-15(14)22)21-17(24)13-5-4-8-20-16(13)19;13-12-6-8-14(9-7-12)10-11-4-2-1-3-5-11;1-2-3/h4-12,15,18,23H,13-14,16-17,19-20H2,1-3H3,(H,31,32)(H,33,37);3-11,14,17,21,30H,12-13,15-16,18-19H2,1-2H3,(H,29,31)(H,32,34);4-9H,10H2,1-3H3,(H,21,24);1-5,12H,6-10,13H2;3H,2H2,1H3. The summed E-state index contributed by atoms with van der Waals surface area (Å²) >= 11 is 5.96. The molecule has 6 aromatic carbocycles. The molecule has 5 amide bonds. The van der Waals surface area contributed by atoms with Crippen molar-refractivity contribution in [1.82, 2.24) is 29.7 Å². The second kappa shape index (κ2) is 38.2. The van der Waals surface area contributed by atoms with Gasteiger partial charge in [-0.25, -0.2) is 15.0 Å². The minimum absolute atomic E-state index is 0.00358. The van der Waals surface area contributed by atoms with Crippen molar-refractivity contribution in [2.24, 2.45) is 5.73 Å². The fourth-order valence-corrected chi connectivity index (χ4v) is 15.5. The first kappa shape index (κ1) is 82.6. The number of fused-ring (bicyclic) bond motifs is 3. The maximum absolute atomic E-state index is 13.3. The Kier molecular flexibility index (Phi) is 28.2. The first-order valence-electron chi connectivity index (χ1n) is 39.2. The van der Waals surface area contributed by atoms with Gasteiger partial charge in [-0.15, -0.1) is 0 Å². The molecule has 0 spiro atoms. The fourth-order valence-electron chi connectivity index (χ4n) is 15.3. The SMILES string of the molecule is CC(=O)N1CC(C)(C)c2ccc(NC(=O)c3cccnc3Cl)cc21.CC(=O)N1CC(C)(C)c2ccc(NC(=O)c3cccnc3NC3CCN(Cc4ccccc4)CC3)cc21.CC1(C)CNc2cc(NC(=O)c3cccnc3NC3CCN(Cc4ccccc4)CC3)ccc21.CCO.NC1CCN(Cc2ccccc2)CC1.